The summed E-state index contributed by atoms with van der Waals surface area (Å²) in [6, 6.07) is 0. The lowest BCUT2D eigenvalue weighted by Crippen LogP contribution is -2.42. The van der Waals surface area contributed by atoms with Gasteiger partial charge in [0.25, 0.3) is 11.1 Å². The smallest absolute Gasteiger partial charge is 0.273 e. The van der Waals surface area contributed by atoms with E-state index in [4.69, 9.17) is 11.2 Å². The number of nitrogens with one attached hydrogen (secondary N) is 2. The Balaban J connectivity index is 0.00000576. The second-order valence-electron chi connectivity index (χ2n) is 6.50. The molecule has 0 saturated heterocycles. The first-order valence-corrected chi connectivity index (χ1v) is 8.87. The highest BCUT2D eigenvalue weighted by molar-refractivity contribution is 7.15. The molecule has 0 aliphatic heterocycles. The van der Waals surface area contributed by atoms with Crippen LogP contribution in [0.1, 0.15) is 49.7 Å². The van der Waals surface area contributed by atoms with E-state index in [-0.39, 0.29) is 30.5 Å². The lowest BCUT2D eigenvalue weighted by atomic mass is 10.1. The molecule has 8 heteroatoms. The maximum atomic E-state index is 11.9. The number of ether oxygens (including phenoxy) is 1. The van der Waals surface area contributed by atoms with Crippen molar-refractivity contribution in [3.05, 3.63) is 11.1 Å². The van der Waals surface area contributed by atoms with Gasteiger partial charge >= 0.3 is 0 Å². The van der Waals surface area contributed by atoms with E-state index in [1.165, 1.54) is 17.5 Å². The maximum absolute atomic E-state index is 11.9. The van der Waals surface area contributed by atoms with Crippen molar-refractivity contribution in [2.45, 2.75) is 51.7 Å². The van der Waals surface area contributed by atoms with Gasteiger partial charge in [0.1, 0.15) is 17.6 Å². The van der Waals surface area contributed by atoms with Gasteiger partial charge in [-0.1, -0.05) is 11.3 Å². The van der Waals surface area contributed by atoms with Crippen molar-refractivity contribution in [2.75, 3.05) is 19.7 Å². The number of carbonyl (C=O) groups is 1. The van der Waals surface area contributed by atoms with Crippen molar-refractivity contribution in [2.24, 2.45) is 0 Å². The van der Waals surface area contributed by atoms with Gasteiger partial charge in [-0.3, -0.25) is 4.79 Å². The fourth-order valence-electron chi connectivity index (χ4n) is 1.72. The van der Waals surface area contributed by atoms with Crippen LogP contribution in [0.25, 0.3) is 0 Å². The monoisotopic (exact) mass is 389 g/mol. The van der Waals surface area contributed by atoms with Crippen LogP contribution in [-0.4, -0.2) is 47.3 Å². The van der Waals surface area contributed by atoms with E-state index in [2.05, 4.69) is 21.5 Å². The van der Waals surface area contributed by atoms with Gasteiger partial charge in [-0.15, -0.1) is 24.8 Å². The first-order valence-electron chi connectivity index (χ1n) is 8.05. The van der Waals surface area contributed by atoms with Gasteiger partial charge in [0.2, 0.25) is 0 Å². The normalized spacial score (nSPS) is 12.0. The third kappa shape index (κ3) is 11.0. The van der Waals surface area contributed by atoms with E-state index in [1.807, 2.05) is 20.8 Å². The minimum absolute atomic E-state index is 0. The van der Waals surface area contributed by atoms with Crippen molar-refractivity contribution in [3.63, 3.8) is 0 Å². The van der Waals surface area contributed by atoms with Crippen LogP contribution in [0.5, 0.6) is 5.19 Å². The number of halogens is 1. The van der Waals surface area contributed by atoms with Gasteiger partial charge in [-0.05, 0) is 33.6 Å². The Bertz CT molecular complexity index is 552. The molecule has 1 unspecified atom stereocenters. The fourth-order valence-corrected chi connectivity index (χ4v) is 2.41. The Morgan fingerprint density at radius 1 is 1.48 bits per heavy atom. The maximum Gasteiger partial charge on any atom is 0.273 e. The molecule has 1 aromatic heterocycles. The van der Waals surface area contributed by atoms with Crippen LogP contribution in [-0.2, 0) is 0 Å². The van der Waals surface area contributed by atoms with Crippen molar-refractivity contribution < 1.29 is 14.6 Å². The second-order valence-corrected chi connectivity index (χ2v) is 7.50. The third-order valence-corrected chi connectivity index (χ3v) is 3.92. The highest BCUT2D eigenvalue weighted by Crippen LogP contribution is 2.20. The summed E-state index contributed by atoms with van der Waals surface area (Å²) >= 11 is 1.17. The number of hydrogen-bond donors (Lipinski definition) is 3. The molecule has 142 valence electrons. The predicted octanol–water partition coefficient (Wildman–Crippen LogP) is 2.23. The molecule has 0 spiro atoms. The molecular weight excluding hydrogens is 362 g/mol. The Kier molecular flexibility index (Phi) is 11.4. The van der Waals surface area contributed by atoms with Crippen molar-refractivity contribution >= 4 is 29.7 Å². The number of hydrogen-bond acceptors (Lipinski definition) is 6. The number of terminal acetylenes is 1. The molecule has 0 aliphatic carbocycles. The molecule has 1 aromatic rings. The Hall–Kier alpha value is -1.33. The lowest BCUT2D eigenvalue weighted by molar-refractivity contribution is 0.0957. The number of carbonyl (C=O) groups excluding carboxylic acids is 1. The first kappa shape index (κ1) is 23.7. The number of β-amino-alcohol motifs (C(OH)–C–C–N with tert-alkyl or cyclic N) is 1. The number of unbranched alkanes of at least 4 members (excludes halogenated alkanes) is 2. The number of aliphatic hydroxyl groups is 1. The molecule has 1 atom stereocenters. The summed E-state index contributed by atoms with van der Waals surface area (Å²) in [5.41, 5.74) is -0.0619. The van der Waals surface area contributed by atoms with Crippen molar-refractivity contribution in [3.8, 4) is 17.5 Å². The molecule has 3 N–H and O–H groups in total. The van der Waals surface area contributed by atoms with Crippen LogP contribution in [0.15, 0.2) is 6.20 Å². The number of aliphatic hydroxyl groups excluding tert-OH is 1. The van der Waals surface area contributed by atoms with Gasteiger partial charge in [0.15, 0.2) is 0 Å². The van der Waals surface area contributed by atoms with Crippen LogP contribution in [0, 0.1) is 12.3 Å². The molecule has 1 heterocycles. The molecule has 1 amide bonds. The van der Waals surface area contributed by atoms with Gasteiger partial charge in [0, 0.05) is 25.0 Å². The molecule has 0 radical (unpaired) electrons. The standard InChI is InChI=1S/C17H27N3O3S.ClH/c1-5-6-7-8-9-18-15(22)14-11-19-16(24-14)23-12-13(21)10-20-17(2,3)4;/h1,11,13,20-21H,6-10,12H2,2-4H3,(H,18,22);1H. The minimum atomic E-state index is -0.637. The molecule has 0 aromatic carbocycles. The summed E-state index contributed by atoms with van der Waals surface area (Å²) in [5.74, 6) is 2.40. The molecule has 0 aliphatic rings. The van der Waals surface area contributed by atoms with Crippen LogP contribution in [0.2, 0.25) is 0 Å². The highest BCUT2D eigenvalue weighted by atomic mass is 35.5. The van der Waals surface area contributed by atoms with Gasteiger partial charge in [0.05, 0.1) is 6.20 Å². The summed E-state index contributed by atoms with van der Waals surface area (Å²) in [5, 5.41) is 16.3. The van der Waals surface area contributed by atoms with Gasteiger partial charge in [-0.25, -0.2) is 4.98 Å². The quantitative estimate of drug-likeness (QED) is 0.422. The van der Waals surface area contributed by atoms with E-state index in [0.717, 1.165) is 19.3 Å². The molecule has 25 heavy (non-hydrogen) atoms. The molecule has 1 rings (SSSR count). The Labute approximate surface area is 160 Å². The molecular formula is C17H28ClN3O3S. The molecule has 0 fully saturated rings. The number of nitrogens with zero attached hydrogens (tertiary/aromatic N) is 1. The summed E-state index contributed by atoms with van der Waals surface area (Å²) < 4.78 is 5.44. The zero-order valence-electron chi connectivity index (χ0n) is 15.0. The Morgan fingerprint density at radius 3 is 2.84 bits per heavy atom. The molecule has 6 nitrogen and oxygen atoms in total. The lowest BCUT2D eigenvalue weighted by Gasteiger charge is -2.22. The summed E-state index contributed by atoms with van der Waals surface area (Å²) in [7, 11) is 0. The third-order valence-electron chi connectivity index (χ3n) is 3.01. The average molecular weight is 390 g/mol. The first-order chi connectivity index (χ1) is 11.3. The second kappa shape index (κ2) is 12.1. The topological polar surface area (TPSA) is 83.5 Å². The number of aromatic nitrogens is 1. The van der Waals surface area contributed by atoms with E-state index >= 15 is 0 Å². The summed E-state index contributed by atoms with van der Waals surface area (Å²) in [6.07, 6.45) is 8.49. The summed E-state index contributed by atoms with van der Waals surface area (Å²) in [4.78, 5) is 16.5. The fraction of sp³-hybridized carbons (Fsp3) is 0.647. The molecule has 0 bridgehead atoms. The van der Waals surface area contributed by atoms with E-state index in [9.17, 15) is 9.90 Å². The molecule has 0 saturated carbocycles. The zero-order valence-corrected chi connectivity index (χ0v) is 16.6. The minimum Gasteiger partial charge on any atom is -0.467 e. The van der Waals surface area contributed by atoms with Crippen LogP contribution in [0.4, 0.5) is 0 Å². The number of rotatable bonds is 10. The van der Waals surface area contributed by atoms with E-state index in [0.29, 0.717) is 23.2 Å². The predicted molar refractivity (Wildman–Crippen MR) is 104 cm³/mol. The number of thiazole rings is 1. The van der Waals surface area contributed by atoms with E-state index < -0.39 is 6.10 Å². The van der Waals surface area contributed by atoms with Crippen LogP contribution >= 0.6 is 23.7 Å². The van der Waals surface area contributed by atoms with Crippen LogP contribution < -0.4 is 15.4 Å². The highest BCUT2D eigenvalue weighted by Gasteiger charge is 2.14. The average Bonchev–Trinajstić information content (AvgIpc) is 2.99. The largest absolute Gasteiger partial charge is 0.467 e. The van der Waals surface area contributed by atoms with Crippen molar-refractivity contribution in [1.29, 1.82) is 0 Å². The van der Waals surface area contributed by atoms with Crippen molar-refractivity contribution in [1.82, 2.24) is 15.6 Å². The number of amides is 1. The van der Waals surface area contributed by atoms with Gasteiger partial charge in [-0.2, -0.15) is 0 Å². The SMILES string of the molecule is C#CCCCCNC(=O)c1cnc(OCC(O)CNC(C)(C)C)s1.Cl. The zero-order chi connectivity index (χ0) is 18.0. The van der Waals surface area contributed by atoms with Crippen LogP contribution in [0.3, 0.4) is 0 Å². The summed E-state index contributed by atoms with van der Waals surface area (Å²) in [6.45, 7) is 7.23. The van der Waals surface area contributed by atoms with E-state index in [1.54, 1.807) is 0 Å². The Morgan fingerprint density at radius 2 is 2.20 bits per heavy atom. The van der Waals surface area contributed by atoms with Gasteiger partial charge < -0.3 is 20.5 Å².